The summed E-state index contributed by atoms with van der Waals surface area (Å²) in [5.74, 6) is 0.718. The first-order valence-corrected chi connectivity index (χ1v) is 10.9. The Morgan fingerprint density at radius 1 is 1.10 bits per heavy atom. The number of rotatable bonds is 8. The van der Waals surface area contributed by atoms with Gasteiger partial charge >= 0.3 is 0 Å². The summed E-state index contributed by atoms with van der Waals surface area (Å²) in [5, 5.41) is 4.07. The van der Waals surface area contributed by atoms with Gasteiger partial charge in [0.15, 0.2) is 5.65 Å². The van der Waals surface area contributed by atoms with E-state index in [1.807, 2.05) is 12.1 Å². The molecule has 0 unspecified atom stereocenters. The molecule has 1 saturated heterocycles. The van der Waals surface area contributed by atoms with Crippen molar-refractivity contribution in [1.29, 1.82) is 0 Å². The van der Waals surface area contributed by atoms with Gasteiger partial charge in [0.1, 0.15) is 11.6 Å². The first kappa shape index (κ1) is 21.4. The van der Waals surface area contributed by atoms with Gasteiger partial charge in [0.05, 0.1) is 5.39 Å². The Morgan fingerprint density at radius 3 is 2.74 bits per heavy atom. The van der Waals surface area contributed by atoms with Crippen LogP contribution in [0.4, 0.5) is 16.2 Å². The van der Waals surface area contributed by atoms with Crippen molar-refractivity contribution in [1.82, 2.24) is 24.8 Å². The van der Waals surface area contributed by atoms with Crippen LogP contribution >= 0.6 is 0 Å². The number of hydrogen-bond donors (Lipinski definition) is 2. The zero-order chi connectivity index (χ0) is 21.6. The Labute approximate surface area is 182 Å². The number of nitrogen functional groups attached to an aromatic ring is 1. The molecule has 3 N–H and O–H groups in total. The molecule has 8 heteroatoms. The second kappa shape index (κ2) is 9.98. The predicted octanol–water partition coefficient (Wildman–Crippen LogP) is 2.58. The molecule has 7 nitrogen and oxygen atoms in total. The van der Waals surface area contributed by atoms with Gasteiger partial charge in [-0.2, -0.15) is 9.97 Å². The number of likely N-dealkylation sites (N-methyl/N-ethyl adjacent to an activating group) is 1. The number of nitrogens with one attached hydrogen (secondary N) is 1. The number of nitrogens with zero attached hydrogens (tertiary/aromatic N) is 5. The van der Waals surface area contributed by atoms with Crippen molar-refractivity contribution in [2.45, 2.75) is 19.3 Å². The van der Waals surface area contributed by atoms with E-state index in [0.29, 0.717) is 30.3 Å². The quantitative estimate of drug-likeness (QED) is 0.539. The summed E-state index contributed by atoms with van der Waals surface area (Å²) in [5.41, 5.74) is 8.84. The van der Waals surface area contributed by atoms with Gasteiger partial charge in [0.25, 0.3) is 0 Å². The molecule has 1 aliphatic heterocycles. The summed E-state index contributed by atoms with van der Waals surface area (Å²) in [6.07, 6.45) is 4.19. The Bertz CT molecular complexity index is 1020. The van der Waals surface area contributed by atoms with E-state index in [1.54, 1.807) is 18.3 Å². The van der Waals surface area contributed by atoms with Gasteiger partial charge in [-0.25, -0.2) is 9.37 Å². The molecule has 0 radical (unpaired) electrons. The van der Waals surface area contributed by atoms with Crippen LogP contribution < -0.4 is 11.1 Å². The predicted molar refractivity (Wildman–Crippen MR) is 123 cm³/mol. The maximum absolute atomic E-state index is 13.4. The minimum Gasteiger partial charge on any atom is -0.383 e. The van der Waals surface area contributed by atoms with E-state index in [2.05, 4.69) is 37.1 Å². The summed E-state index contributed by atoms with van der Waals surface area (Å²) in [4.78, 5) is 18.3. The maximum atomic E-state index is 13.4. The normalized spacial score (nSPS) is 15.4. The van der Waals surface area contributed by atoms with E-state index < -0.39 is 0 Å². The van der Waals surface area contributed by atoms with Crippen molar-refractivity contribution < 1.29 is 4.39 Å². The van der Waals surface area contributed by atoms with Crippen molar-refractivity contribution in [3.63, 3.8) is 0 Å². The summed E-state index contributed by atoms with van der Waals surface area (Å²) < 4.78 is 13.4. The first-order chi connectivity index (χ1) is 15.1. The zero-order valence-corrected chi connectivity index (χ0v) is 18.0. The molecular weight excluding hydrogens is 393 g/mol. The van der Waals surface area contributed by atoms with Crippen LogP contribution in [0, 0.1) is 5.82 Å². The lowest BCUT2D eigenvalue weighted by molar-refractivity contribution is 0.154. The summed E-state index contributed by atoms with van der Waals surface area (Å²) >= 11 is 0. The van der Waals surface area contributed by atoms with Gasteiger partial charge < -0.3 is 20.9 Å². The van der Waals surface area contributed by atoms with Gasteiger partial charge in [0.2, 0.25) is 5.95 Å². The van der Waals surface area contributed by atoms with Crippen LogP contribution in [0.3, 0.4) is 0 Å². The number of anilines is 2. The molecule has 3 heterocycles. The third-order valence-electron chi connectivity index (χ3n) is 5.81. The fraction of sp³-hybridized carbons (Fsp3) is 0.435. The van der Waals surface area contributed by atoms with E-state index in [0.717, 1.165) is 62.2 Å². The van der Waals surface area contributed by atoms with Crippen molar-refractivity contribution >= 4 is 22.8 Å². The van der Waals surface area contributed by atoms with Crippen LogP contribution in [0.25, 0.3) is 11.0 Å². The largest absolute Gasteiger partial charge is 0.383 e. The molecule has 1 aliphatic rings. The lowest BCUT2D eigenvalue weighted by Gasteiger charge is -2.32. The second-order valence-electron chi connectivity index (χ2n) is 8.16. The topological polar surface area (TPSA) is 83.2 Å². The minimum atomic E-state index is -0.219. The Balaban J connectivity index is 1.37. The second-order valence-corrected chi connectivity index (χ2v) is 8.16. The molecule has 164 valence electrons. The summed E-state index contributed by atoms with van der Waals surface area (Å²) in [6, 6.07) is 8.61. The van der Waals surface area contributed by atoms with Crippen molar-refractivity contribution in [3.05, 3.63) is 53.5 Å². The smallest absolute Gasteiger partial charge is 0.226 e. The van der Waals surface area contributed by atoms with Crippen LogP contribution in [0.5, 0.6) is 0 Å². The van der Waals surface area contributed by atoms with Gasteiger partial charge in [-0.1, -0.05) is 12.1 Å². The summed E-state index contributed by atoms with van der Waals surface area (Å²) in [7, 11) is 2.17. The molecule has 0 atom stereocenters. The van der Waals surface area contributed by atoms with E-state index in [4.69, 9.17) is 5.73 Å². The lowest BCUT2D eigenvalue weighted by atomic mass is 10.0. The molecule has 0 saturated carbocycles. The SMILES string of the molecule is CN1CCN(CCCNc2nc(N)c3c(CCc4cccc(F)c4)ccnc3n2)CC1. The van der Waals surface area contributed by atoms with Gasteiger partial charge in [0, 0.05) is 38.9 Å². The Hall–Kier alpha value is -2.84. The van der Waals surface area contributed by atoms with Crippen LogP contribution in [0.1, 0.15) is 17.5 Å². The maximum Gasteiger partial charge on any atom is 0.226 e. The van der Waals surface area contributed by atoms with Crippen LogP contribution in [0.2, 0.25) is 0 Å². The highest BCUT2D eigenvalue weighted by Crippen LogP contribution is 2.23. The number of benzene rings is 1. The van der Waals surface area contributed by atoms with E-state index in [-0.39, 0.29) is 5.82 Å². The number of fused-ring (bicyclic) bond motifs is 1. The third kappa shape index (κ3) is 5.65. The number of hydrogen-bond acceptors (Lipinski definition) is 7. The highest BCUT2D eigenvalue weighted by Gasteiger charge is 2.14. The molecule has 31 heavy (non-hydrogen) atoms. The average Bonchev–Trinajstić information content (AvgIpc) is 2.76. The molecule has 0 aliphatic carbocycles. The van der Waals surface area contributed by atoms with Gasteiger partial charge in [-0.05, 0) is 62.2 Å². The molecule has 3 aromatic rings. The molecule has 1 fully saturated rings. The van der Waals surface area contributed by atoms with Crippen molar-refractivity contribution in [2.75, 3.05) is 57.4 Å². The molecule has 0 bridgehead atoms. The van der Waals surface area contributed by atoms with Crippen LogP contribution in [-0.2, 0) is 12.8 Å². The zero-order valence-electron chi connectivity index (χ0n) is 18.0. The third-order valence-corrected chi connectivity index (χ3v) is 5.81. The van der Waals surface area contributed by atoms with Gasteiger partial charge in [-0.15, -0.1) is 0 Å². The molecule has 2 aromatic heterocycles. The first-order valence-electron chi connectivity index (χ1n) is 10.9. The number of aromatic nitrogens is 3. The monoisotopic (exact) mass is 423 g/mol. The van der Waals surface area contributed by atoms with Crippen molar-refractivity contribution in [2.24, 2.45) is 0 Å². The number of nitrogens with two attached hydrogens (primary N) is 1. The van der Waals surface area contributed by atoms with E-state index >= 15 is 0 Å². The van der Waals surface area contributed by atoms with Crippen LogP contribution in [0.15, 0.2) is 36.5 Å². The number of pyridine rings is 1. The Kier molecular flexibility index (Phi) is 6.89. The number of piperazine rings is 1. The number of aryl methyl sites for hydroxylation is 2. The fourth-order valence-electron chi connectivity index (χ4n) is 3.98. The standard InChI is InChI=1S/C23H30FN7/c1-30-12-14-31(15-13-30)11-3-9-27-23-28-21(25)20-18(8-10-26-22(20)29-23)7-6-17-4-2-5-19(24)16-17/h2,4-5,8,10,16H,3,6-7,9,11-15H2,1H3,(H3,25,26,27,28,29). The lowest BCUT2D eigenvalue weighted by Crippen LogP contribution is -2.44. The molecule has 1 aromatic carbocycles. The Morgan fingerprint density at radius 2 is 1.94 bits per heavy atom. The van der Waals surface area contributed by atoms with Crippen molar-refractivity contribution in [3.8, 4) is 0 Å². The van der Waals surface area contributed by atoms with Crippen LogP contribution in [-0.4, -0.2) is 71.1 Å². The molecule has 0 spiro atoms. The summed E-state index contributed by atoms with van der Waals surface area (Å²) in [6.45, 7) is 6.36. The molecule has 0 amide bonds. The highest BCUT2D eigenvalue weighted by molar-refractivity contribution is 5.89. The number of halogens is 1. The minimum absolute atomic E-state index is 0.219. The molecular formula is C23H30FN7. The fourth-order valence-corrected chi connectivity index (χ4v) is 3.98. The molecule has 4 rings (SSSR count). The van der Waals surface area contributed by atoms with E-state index in [9.17, 15) is 4.39 Å². The highest BCUT2D eigenvalue weighted by atomic mass is 19.1. The average molecular weight is 424 g/mol. The van der Waals surface area contributed by atoms with E-state index in [1.165, 1.54) is 6.07 Å². The van der Waals surface area contributed by atoms with Gasteiger partial charge in [-0.3, -0.25) is 0 Å².